The van der Waals surface area contributed by atoms with Crippen LogP contribution in [0.3, 0.4) is 0 Å². The van der Waals surface area contributed by atoms with E-state index < -0.39 is 37.8 Å². The Morgan fingerprint density at radius 2 is 1.86 bits per heavy atom. The Morgan fingerprint density at radius 1 is 1.24 bits per heavy atom. The van der Waals surface area contributed by atoms with Crippen molar-refractivity contribution in [2.75, 3.05) is 19.8 Å². The first-order valence-corrected chi connectivity index (χ1v) is 9.07. The molecule has 0 radical (unpaired) electrons. The highest BCUT2D eigenvalue weighted by atomic mass is 32.2. The van der Waals surface area contributed by atoms with Crippen LogP contribution < -0.4 is 0 Å². The lowest BCUT2D eigenvalue weighted by molar-refractivity contribution is -0.138. The molecule has 1 spiro atoms. The Kier molecular flexibility index (Phi) is 4.95. The van der Waals surface area contributed by atoms with E-state index in [0.29, 0.717) is 45.5 Å². The number of carboxylic acids is 1. The number of aliphatic carboxylic acids is 1. The standard InChI is InChI=1S/C14H24O6S/c1-10(2)12(13(15)16)21(17,18)11-3-6-20-14(9-11)4-7-19-8-5-14/h10-12H,3-9H2,1-2H3,(H,15,16). The summed E-state index contributed by atoms with van der Waals surface area (Å²) in [6, 6.07) is 0. The van der Waals surface area contributed by atoms with Crippen molar-refractivity contribution in [3.8, 4) is 0 Å². The van der Waals surface area contributed by atoms with Gasteiger partial charge in [0.25, 0.3) is 0 Å². The van der Waals surface area contributed by atoms with Gasteiger partial charge in [0.05, 0.1) is 10.9 Å². The SMILES string of the molecule is CC(C)C(C(=O)O)S(=O)(=O)C1CCOC2(CCOCC2)C1. The summed E-state index contributed by atoms with van der Waals surface area (Å²) in [6.45, 7) is 4.78. The molecule has 21 heavy (non-hydrogen) atoms. The van der Waals surface area contributed by atoms with Crippen LogP contribution in [-0.4, -0.2) is 55.4 Å². The maximum atomic E-state index is 12.7. The molecule has 0 aromatic rings. The molecule has 122 valence electrons. The highest BCUT2D eigenvalue weighted by molar-refractivity contribution is 7.93. The van der Waals surface area contributed by atoms with Crippen molar-refractivity contribution in [3.05, 3.63) is 0 Å². The molecular formula is C14H24O6S. The molecule has 7 heteroatoms. The van der Waals surface area contributed by atoms with Crippen LogP contribution in [-0.2, 0) is 24.1 Å². The van der Waals surface area contributed by atoms with Crippen LogP contribution >= 0.6 is 0 Å². The second-order valence-corrected chi connectivity index (χ2v) is 8.70. The van der Waals surface area contributed by atoms with E-state index in [0.717, 1.165) is 0 Å². The highest BCUT2D eigenvalue weighted by Crippen LogP contribution is 2.38. The van der Waals surface area contributed by atoms with Gasteiger partial charge in [-0.05, 0) is 31.6 Å². The first kappa shape index (κ1) is 16.7. The van der Waals surface area contributed by atoms with Crippen molar-refractivity contribution in [2.45, 2.75) is 55.6 Å². The van der Waals surface area contributed by atoms with E-state index in [2.05, 4.69) is 0 Å². The van der Waals surface area contributed by atoms with E-state index in [4.69, 9.17) is 9.47 Å². The molecule has 1 N–H and O–H groups in total. The van der Waals surface area contributed by atoms with E-state index >= 15 is 0 Å². The molecule has 0 saturated carbocycles. The molecule has 0 aliphatic carbocycles. The molecule has 2 saturated heterocycles. The average Bonchev–Trinajstić information content (AvgIpc) is 2.38. The topological polar surface area (TPSA) is 89.9 Å². The van der Waals surface area contributed by atoms with E-state index in [9.17, 15) is 18.3 Å². The summed E-state index contributed by atoms with van der Waals surface area (Å²) < 4.78 is 36.6. The first-order chi connectivity index (χ1) is 9.78. The Balaban J connectivity index is 2.21. The Bertz CT molecular complexity index is 472. The number of rotatable bonds is 4. The van der Waals surface area contributed by atoms with Crippen molar-refractivity contribution in [2.24, 2.45) is 5.92 Å². The minimum atomic E-state index is -3.72. The molecule has 2 heterocycles. The van der Waals surface area contributed by atoms with Crippen LogP contribution in [0.2, 0.25) is 0 Å². The molecule has 0 bridgehead atoms. The van der Waals surface area contributed by atoms with Crippen LogP contribution in [0.4, 0.5) is 0 Å². The summed E-state index contributed by atoms with van der Waals surface area (Å²) in [5.74, 6) is -1.70. The third-order valence-corrected chi connectivity index (χ3v) is 7.30. The van der Waals surface area contributed by atoms with Gasteiger partial charge in [-0.15, -0.1) is 0 Å². The minimum Gasteiger partial charge on any atom is -0.480 e. The molecule has 2 unspecified atom stereocenters. The Morgan fingerprint density at radius 3 is 2.38 bits per heavy atom. The van der Waals surface area contributed by atoms with Crippen LogP contribution in [0.25, 0.3) is 0 Å². The van der Waals surface area contributed by atoms with Crippen molar-refractivity contribution < 1.29 is 27.8 Å². The fourth-order valence-electron chi connectivity index (χ4n) is 3.37. The van der Waals surface area contributed by atoms with Gasteiger partial charge in [0.15, 0.2) is 15.1 Å². The van der Waals surface area contributed by atoms with Gasteiger partial charge in [-0.25, -0.2) is 8.42 Å². The molecule has 2 fully saturated rings. The summed E-state index contributed by atoms with van der Waals surface area (Å²) >= 11 is 0. The predicted molar refractivity (Wildman–Crippen MR) is 76.9 cm³/mol. The van der Waals surface area contributed by atoms with Crippen molar-refractivity contribution in [3.63, 3.8) is 0 Å². The molecule has 2 atom stereocenters. The fourth-order valence-corrected chi connectivity index (χ4v) is 5.78. The van der Waals surface area contributed by atoms with Gasteiger partial charge in [0.1, 0.15) is 0 Å². The molecule has 0 amide bonds. The summed E-state index contributed by atoms with van der Waals surface area (Å²) in [7, 11) is -3.72. The number of carbonyl (C=O) groups is 1. The van der Waals surface area contributed by atoms with Gasteiger partial charge in [-0.3, -0.25) is 4.79 Å². The van der Waals surface area contributed by atoms with Crippen molar-refractivity contribution >= 4 is 15.8 Å². The molecule has 6 nitrogen and oxygen atoms in total. The number of ether oxygens (including phenoxy) is 2. The molecular weight excluding hydrogens is 296 g/mol. The first-order valence-electron chi connectivity index (χ1n) is 7.46. The molecule has 0 aromatic carbocycles. The second-order valence-electron chi connectivity index (χ2n) is 6.35. The van der Waals surface area contributed by atoms with Gasteiger partial charge in [-0.1, -0.05) is 13.8 Å². The quantitative estimate of drug-likeness (QED) is 0.838. The monoisotopic (exact) mass is 320 g/mol. The third-order valence-electron chi connectivity index (χ3n) is 4.52. The zero-order valence-electron chi connectivity index (χ0n) is 12.6. The van der Waals surface area contributed by atoms with Crippen LogP contribution in [0.1, 0.15) is 39.5 Å². The lowest BCUT2D eigenvalue weighted by Gasteiger charge is -2.43. The van der Waals surface area contributed by atoms with Gasteiger partial charge in [0.2, 0.25) is 0 Å². The van der Waals surface area contributed by atoms with E-state index in [1.54, 1.807) is 13.8 Å². The van der Waals surface area contributed by atoms with Crippen molar-refractivity contribution in [1.29, 1.82) is 0 Å². The fraction of sp³-hybridized carbons (Fsp3) is 0.929. The second kappa shape index (κ2) is 6.22. The zero-order chi connectivity index (χ0) is 15.7. The largest absolute Gasteiger partial charge is 0.480 e. The van der Waals surface area contributed by atoms with Crippen molar-refractivity contribution in [1.82, 2.24) is 0 Å². The zero-order valence-corrected chi connectivity index (χ0v) is 13.4. The lowest BCUT2D eigenvalue weighted by atomic mass is 9.86. The van der Waals surface area contributed by atoms with E-state index in [1.807, 2.05) is 0 Å². The summed E-state index contributed by atoms with van der Waals surface area (Å²) in [5.41, 5.74) is -0.450. The summed E-state index contributed by atoms with van der Waals surface area (Å²) in [4.78, 5) is 11.4. The van der Waals surface area contributed by atoms with Gasteiger partial charge < -0.3 is 14.6 Å². The summed E-state index contributed by atoms with van der Waals surface area (Å²) in [5, 5.41) is 7.31. The molecule has 0 aromatic heterocycles. The molecule has 2 rings (SSSR count). The van der Waals surface area contributed by atoms with Gasteiger partial charge in [0, 0.05) is 19.8 Å². The number of sulfone groups is 1. The number of hydrogen-bond donors (Lipinski definition) is 1. The lowest BCUT2D eigenvalue weighted by Crippen LogP contribution is -2.51. The van der Waals surface area contributed by atoms with E-state index in [-0.39, 0.29) is 0 Å². The predicted octanol–water partition coefficient (Wildman–Crippen LogP) is 1.24. The van der Waals surface area contributed by atoms with Crippen LogP contribution in [0.15, 0.2) is 0 Å². The number of hydrogen-bond acceptors (Lipinski definition) is 5. The van der Waals surface area contributed by atoms with Gasteiger partial charge >= 0.3 is 5.97 Å². The Labute approximate surface area is 125 Å². The highest BCUT2D eigenvalue weighted by Gasteiger charge is 2.47. The van der Waals surface area contributed by atoms with Gasteiger partial charge in [-0.2, -0.15) is 0 Å². The Hall–Kier alpha value is -0.660. The van der Waals surface area contributed by atoms with Crippen LogP contribution in [0, 0.1) is 5.92 Å². The van der Waals surface area contributed by atoms with E-state index in [1.165, 1.54) is 0 Å². The molecule has 2 aliphatic heterocycles. The maximum absolute atomic E-state index is 12.7. The molecule has 2 aliphatic rings. The smallest absolute Gasteiger partial charge is 0.322 e. The minimum absolute atomic E-state index is 0.369. The maximum Gasteiger partial charge on any atom is 0.322 e. The van der Waals surface area contributed by atoms with Crippen LogP contribution in [0.5, 0.6) is 0 Å². The summed E-state index contributed by atoms with van der Waals surface area (Å²) in [6.07, 6.45) is 2.12. The third kappa shape index (κ3) is 3.40. The average molecular weight is 320 g/mol. The normalized spacial score (nSPS) is 27.7. The number of carboxylic acid groups (broad SMARTS) is 1.